The van der Waals surface area contributed by atoms with Crippen LogP contribution in [-0.2, 0) is 4.79 Å². The molecule has 0 spiro atoms. The van der Waals surface area contributed by atoms with Crippen LogP contribution in [0.4, 0.5) is 11.4 Å². The summed E-state index contributed by atoms with van der Waals surface area (Å²) in [6, 6.07) is 14.5. The molecule has 2 N–H and O–H groups in total. The van der Waals surface area contributed by atoms with Crippen molar-refractivity contribution >= 4 is 28.9 Å². The summed E-state index contributed by atoms with van der Waals surface area (Å²) in [5.41, 5.74) is 2.48. The van der Waals surface area contributed by atoms with Gasteiger partial charge in [0.25, 0.3) is 0 Å². The highest BCUT2D eigenvalue weighted by atomic mass is 35.5. The molecule has 0 saturated carbocycles. The predicted molar refractivity (Wildman–Crippen MR) is 95.3 cm³/mol. The van der Waals surface area contributed by atoms with E-state index in [-0.39, 0.29) is 12.5 Å². The first-order valence-corrected chi connectivity index (χ1v) is 7.57. The molecule has 4 nitrogen and oxygen atoms in total. The Labute approximate surface area is 141 Å². The molecular formula is C18H19ClN2O2. The van der Waals surface area contributed by atoms with Crippen molar-refractivity contribution in [2.24, 2.45) is 0 Å². The molecule has 0 unspecified atom stereocenters. The van der Waals surface area contributed by atoms with E-state index in [9.17, 15) is 4.79 Å². The largest absolute Gasteiger partial charge is 0.489 e. The fraction of sp³-hybridized carbons (Fsp3) is 0.167. The van der Waals surface area contributed by atoms with Gasteiger partial charge in [0.05, 0.1) is 6.54 Å². The van der Waals surface area contributed by atoms with Crippen LogP contribution in [0.2, 0.25) is 5.02 Å². The van der Waals surface area contributed by atoms with Crippen LogP contribution in [0.5, 0.6) is 5.75 Å². The molecule has 23 heavy (non-hydrogen) atoms. The molecule has 2 aromatic carbocycles. The Bertz CT molecular complexity index is 684. The summed E-state index contributed by atoms with van der Waals surface area (Å²) in [6.45, 7) is 6.36. The van der Waals surface area contributed by atoms with E-state index in [1.54, 1.807) is 24.3 Å². The van der Waals surface area contributed by atoms with Crippen LogP contribution < -0.4 is 15.4 Å². The van der Waals surface area contributed by atoms with Crippen molar-refractivity contribution in [2.45, 2.75) is 6.92 Å². The van der Waals surface area contributed by atoms with Gasteiger partial charge in [0.1, 0.15) is 12.4 Å². The van der Waals surface area contributed by atoms with Crippen LogP contribution in [0.15, 0.2) is 60.7 Å². The fourth-order valence-corrected chi connectivity index (χ4v) is 2.02. The van der Waals surface area contributed by atoms with Crippen LogP contribution in [0.1, 0.15) is 6.92 Å². The van der Waals surface area contributed by atoms with Crippen LogP contribution in [-0.4, -0.2) is 19.1 Å². The van der Waals surface area contributed by atoms with Gasteiger partial charge in [-0.2, -0.15) is 0 Å². The predicted octanol–water partition coefficient (Wildman–Crippen LogP) is 4.35. The van der Waals surface area contributed by atoms with Crippen molar-refractivity contribution in [1.82, 2.24) is 0 Å². The third-order valence-electron chi connectivity index (χ3n) is 2.90. The molecule has 1 amide bonds. The number of nitrogens with one attached hydrogen (secondary N) is 2. The normalized spacial score (nSPS) is 10.0. The summed E-state index contributed by atoms with van der Waals surface area (Å²) in [5, 5.41) is 6.41. The summed E-state index contributed by atoms with van der Waals surface area (Å²) in [7, 11) is 0. The van der Waals surface area contributed by atoms with Gasteiger partial charge in [-0.05, 0) is 55.0 Å². The summed E-state index contributed by atoms with van der Waals surface area (Å²) >= 11 is 5.88. The summed E-state index contributed by atoms with van der Waals surface area (Å²) in [5.74, 6) is 0.622. The summed E-state index contributed by atoms with van der Waals surface area (Å²) in [4.78, 5) is 11.9. The first kappa shape index (κ1) is 16.9. The van der Waals surface area contributed by atoms with Crippen molar-refractivity contribution in [3.63, 3.8) is 0 Å². The number of amides is 1. The molecule has 0 aromatic heterocycles. The van der Waals surface area contributed by atoms with Crippen molar-refractivity contribution in [2.75, 3.05) is 23.8 Å². The third kappa shape index (κ3) is 6.04. The van der Waals surface area contributed by atoms with E-state index in [0.29, 0.717) is 17.3 Å². The first-order chi connectivity index (χ1) is 11.0. The molecule has 0 atom stereocenters. The van der Waals surface area contributed by atoms with Gasteiger partial charge in [0, 0.05) is 16.4 Å². The number of carbonyl (C=O) groups is 1. The lowest BCUT2D eigenvalue weighted by molar-refractivity contribution is -0.114. The van der Waals surface area contributed by atoms with Crippen LogP contribution in [0.3, 0.4) is 0 Å². The number of anilines is 2. The monoisotopic (exact) mass is 330 g/mol. The number of halogens is 1. The molecule has 0 fully saturated rings. The number of carbonyl (C=O) groups excluding carboxylic acids is 1. The second-order valence-electron chi connectivity index (χ2n) is 5.18. The number of benzene rings is 2. The van der Waals surface area contributed by atoms with E-state index in [1.165, 1.54) is 0 Å². The fourth-order valence-electron chi connectivity index (χ4n) is 1.83. The zero-order valence-corrected chi connectivity index (χ0v) is 13.7. The Morgan fingerprint density at radius 3 is 2.57 bits per heavy atom. The highest BCUT2D eigenvalue weighted by Crippen LogP contribution is 2.17. The second-order valence-corrected chi connectivity index (χ2v) is 5.62. The van der Waals surface area contributed by atoms with Gasteiger partial charge in [-0.25, -0.2) is 0 Å². The smallest absolute Gasteiger partial charge is 0.243 e. The molecule has 0 aliphatic heterocycles. The Balaban J connectivity index is 1.81. The number of rotatable bonds is 7. The highest BCUT2D eigenvalue weighted by molar-refractivity contribution is 6.30. The van der Waals surface area contributed by atoms with Gasteiger partial charge in [-0.15, -0.1) is 0 Å². The number of hydrogen-bond donors (Lipinski definition) is 2. The maximum absolute atomic E-state index is 11.9. The molecule has 2 aromatic rings. The van der Waals surface area contributed by atoms with Gasteiger partial charge in [0.15, 0.2) is 0 Å². The van der Waals surface area contributed by atoms with E-state index in [2.05, 4.69) is 17.2 Å². The molecule has 0 bridgehead atoms. The minimum absolute atomic E-state index is 0.144. The van der Waals surface area contributed by atoms with Crippen molar-refractivity contribution in [1.29, 1.82) is 0 Å². The van der Waals surface area contributed by atoms with Gasteiger partial charge < -0.3 is 15.4 Å². The lowest BCUT2D eigenvalue weighted by atomic mass is 10.3. The topological polar surface area (TPSA) is 50.4 Å². The first-order valence-electron chi connectivity index (χ1n) is 7.19. The van der Waals surface area contributed by atoms with E-state index in [0.717, 1.165) is 17.0 Å². The molecule has 0 aliphatic rings. The molecule has 2 rings (SSSR count). The van der Waals surface area contributed by atoms with E-state index >= 15 is 0 Å². The minimum atomic E-state index is -0.144. The second kappa shape index (κ2) is 8.25. The van der Waals surface area contributed by atoms with Crippen LogP contribution >= 0.6 is 11.6 Å². The molecule has 0 aliphatic carbocycles. The van der Waals surface area contributed by atoms with Crippen molar-refractivity contribution in [3.05, 3.63) is 65.7 Å². The van der Waals surface area contributed by atoms with Gasteiger partial charge in [0.2, 0.25) is 5.91 Å². The highest BCUT2D eigenvalue weighted by Gasteiger charge is 2.03. The van der Waals surface area contributed by atoms with Gasteiger partial charge in [-0.1, -0.05) is 24.2 Å². The zero-order valence-electron chi connectivity index (χ0n) is 12.9. The van der Waals surface area contributed by atoms with Crippen molar-refractivity contribution in [3.8, 4) is 5.75 Å². The lowest BCUT2D eigenvalue weighted by Gasteiger charge is -2.09. The standard InChI is InChI=1S/C18H19ClN2O2/c1-13(2)12-23-17-8-6-15(7-9-17)20-11-18(22)21-16-5-3-4-14(19)10-16/h3-10,20H,1,11-12H2,2H3,(H,21,22). The maximum atomic E-state index is 11.9. The van der Waals surface area contributed by atoms with E-state index in [4.69, 9.17) is 16.3 Å². The van der Waals surface area contributed by atoms with Crippen molar-refractivity contribution < 1.29 is 9.53 Å². The maximum Gasteiger partial charge on any atom is 0.243 e. The van der Waals surface area contributed by atoms with Gasteiger partial charge in [-0.3, -0.25) is 4.79 Å². The Morgan fingerprint density at radius 1 is 1.17 bits per heavy atom. The van der Waals surface area contributed by atoms with Crippen LogP contribution in [0.25, 0.3) is 0 Å². The molecule has 120 valence electrons. The average molecular weight is 331 g/mol. The van der Waals surface area contributed by atoms with E-state index in [1.807, 2.05) is 31.2 Å². The summed E-state index contributed by atoms with van der Waals surface area (Å²) in [6.07, 6.45) is 0. The zero-order chi connectivity index (χ0) is 16.7. The third-order valence-corrected chi connectivity index (χ3v) is 3.14. The van der Waals surface area contributed by atoms with Crippen LogP contribution in [0, 0.1) is 0 Å². The average Bonchev–Trinajstić information content (AvgIpc) is 2.52. The molecular weight excluding hydrogens is 312 g/mol. The summed E-state index contributed by atoms with van der Waals surface area (Å²) < 4.78 is 5.52. The SMILES string of the molecule is C=C(C)COc1ccc(NCC(=O)Nc2cccc(Cl)c2)cc1. The number of ether oxygens (including phenoxy) is 1. The number of hydrogen-bond acceptors (Lipinski definition) is 3. The Hall–Kier alpha value is -2.46. The molecule has 0 saturated heterocycles. The Morgan fingerprint density at radius 2 is 1.91 bits per heavy atom. The van der Waals surface area contributed by atoms with E-state index < -0.39 is 0 Å². The lowest BCUT2D eigenvalue weighted by Crippen LogP contribution is -2.21. The quantitative estimate of drug-likeness (QED) is 0.742. The molecule has 0 heterocycles. The molecule has 5 heteroatoms. The van der Waals surface area contributed by atoms with Gasteiger partial charge >= 0.3 is 0 Å². The molecule has 0 radical (unpaired) electrons. The minimum Gasteiger partial charge on any atom is -0.489 e. The Kier molecular flexibility index (Phi) is 6.06.